The van der Waals surface area contributed by atoms with E-state index < -0.39 is 0 Å². The Morgan fingerprint density at radius 2 is 1.95 bits per heavy atom. The van der Waals surface area contributed by atoms with E-state index in [9.17, 15) is 0 Å². The zero-order valence-electron chi connectivity index (χ0n) is 14.0. The summed E-state index contributed by atoms with van der Waals surface area (Å²) in [4.78, 5) is 2.09. The predicted octanol–water partition coefficient (Wildman–Crippen LogP) is 4.61. The Bertz CT molecular complexity index is 619. The van der Waals surface area contributed by atoms with E-state index in [-0.39, 0.29) is 12.1 Å². The average molecular weight is 321 g/mol. The van der Waals surface area contributed by atoms with Crippen LogP contribution in [0.3, 0.4) is 0 Å². The summed E-state index contributed by atoms with van der Waals surface area (Å²) in [6, 6.07) is 8.02. The van der Waals surface area contributed by atoms with E-state index in [1.165, 1.54) is 16.8 Å². The van der Waals surface area contributed by atoms with Gasteiger partial charge in [-0.25, -0.2) is 0 Å². The molecule has 22 heavy (non-hydrogen) atoms. The Morgan fingerprint density at radius 3 is 2.50 bits per heavy atom. The molecule has 1 aromatic rings. The van der Waals surface area contributed by atoms with Crippen LogP contribution in [0.2, 0.25) is 5.02 Å². The van der Waals surface area contributed by atoms with E-state index in [0.29, 0.717) is 0 Å². The molecule has 1 heterocycles. The summed E-state index contributed by atoms with van der Waals surface area (Å²) < 4.78 is 5.92. The predicted molar refractivity (Wildman–Crippen MR) is 92.4 cm³/mol. The van der Waals surface area contributed by atoms with Crippen LogP contribution in [0.15, 0.2) is 47.0 Å². The summed E-state index contributed by atoms with van der Waals surface area (Å²) in [5.74, 6) is 0.995. The molecule has 1 aromatic carbocycles. The highest BCUT2D eigenvalue weighted by molar-refractivity contribution is 6.31. The first-order valence-electron chi connectivity index (χ1n) is 7.69. The molecule has 0 amide bonds. The molecule has 1 aliphatic rings. The summed E-state index contributed by atoms with van der Waals surface area (Å²) in [7, 11) is 2.02. The maximum absolute atomic E-state index is 6.46. The zero-order valence-corrected chi connectivity index (χ0v) is 14.7. The lowest BCUT2D eigenvalue weighted by Gasteiger charge is -2.37. The summed E-state index contributed by atoms with van der Waals surface area (Å²) >= 11 is 6.46. The Kier molecular flexibility index (Phi) is 5.20. The first kappa shape index (κ1) is 16.9. The van der Waals surface area contributed by atoms with Gasteiger partial charge in [0.05, 0.1) is 0 Å². The molecule has 0 bridgehead atoms. The van der Waals surface area contributed by atoms with Crippen LogP contribution in [-0.4, -0.2) is 18.2 Å². The maximum atomic E-state index is 6.46. The number of hydrogen-bond acceptors (Lipinski definition) is 3. The molecule has 4 heteroatoms. The van der Waals surface area contributed by atoms with E-state index in [2.05, 4.69) is 31.7 Å². The highest BCUT2D eigenvalue weighted by Gasteiger charge is 2.32. The molecule has 2 atom stereocenters. The number of ether oxygens (including phenoxy) is 1. The molecule has 0 aromatic heterocycles. The van der Waals surface area contributed by atoms with Crippen molar-refractivity contribution in [2.75, 3.05) is 7.05 Å². The van der Waals surface area contributed by atoms with E-state index >= 15 is 0 Å². The normalized spacial score (nSPS) is 20.5. The summed E-state index contributed by atoms with van der Waals surface area (Å²) in [5.41, 5.74) is 10.7. The summed E-state index contributed by atoms with van der Waals surface area (Å²) in [6.45, 7) is 8.26. The molecule has 1 aliphatic heterocycles. The van der Waals surface area contributed by atoms with Crippen molar-refractivity contribution < 1.29 is 4.74 Å². The number of hydrogen-bond donors (Lipinski definition) is 1. The highest BCUT2D eigenvalue weighted by Crippen LogP contribution is 2.44. The number of allylic oxidation sites excluding steroid dienone is 3. The van der Waals surface area contributed by atoms with Crippen molar-refractivity contribution >= 4 is 11.6 Å². The quantitative estimate of drug-likeness (QED) is 0.824. The molecule has 120 valence electrons. The molecular weight excluding hydrogens is 296 g/mol. The third-order valence-electron chi connectivity index (χ3n) is 4.33. The van der Waals surface area contributed by atoms with E-state index in [0.717, 1.165) is 22.9 Å². The van der Waals surface area contributed by atoms with Gasteiger partial charge in [-0.15, -0.1) is 0 Å². The number of nitrogens with zero attached hydrogens (tertiary/aromatic N) is 1. The smallest absolute Gasteiger partial charge is 0.195 e. The molecule has 0 radical (unpaired) electrons. The summed E-state index contributed by atoms with van der Waals surface area (Å²) in [6.07, 6.45) is 0.532. The van der Waals surface area contributed by atoms with Crippen LogP contribution < -0.4 is 5.73 Å². The molecule has 0 aliphatic carbocycles. The first-order chi connectivity index (χ1) is 10.4. The lowest BCUT2D eigenvalue weighted by Crippen LogP contribution is -2.32. The van der Waals surface area contributed by atoms with Crippen molar-refractivity contribution in [1.29, 1.82) is 0 Å². The van der Waals surface area contributed by atoms with Crippen LogP contribution in [-0.2, 0) is 4.74 Å². The molecule has 0 fully saturated rings. The minimum Gasteiger partial charge on any atom is -0.461 e. The Balaban J connectivity index is 2.62. The fraction of sp³-hybridized carbons (Fsp3) is 0.444. The minimum absolute atomic E-state index is 0.142. The number of benzene rings is 1. The maximum Gasteiger partial charge on any atom is 0.195 e. The summed E-state index contributed by atoms with van der Waals surface area (Å²) in [5, 5.41) is 0.787. The lowest BCUT2D eigenvalue weighted by atomic mass is 9.81. The fourth-order valence-electron chi connectivity index (χ4n) is 3.04. The van der Waals surface area contributed by atoms with Crippen molar-refractivity contribution in [1.82, 2.24) is 4.90 Å². The van der Waals surface area contributed by atoms with E-state index in [1.54, 1.807) is 0 Å². The number of rotatable bonds is 4. The SMILES string of the molecule is CCC1=C(OC(C)N)N(C)C(C)=C(C)C1c1ccccc1Cl. The van der Waals surface area contributed by atoms with Crippen molar-refractivity contribution in [3.63, 3.8) is 0 Å². The van der Waals surface area contributed by atoms with Gasteiger partial charge in [0.2, 0.25) is 0 Å². The molecule has 0 spiro atoms. The van der Waals surface area contributed by atoms with Crippen LogP contribution in [0.1, 0.15) is 45.6 Å². The number of nitrogens with two attached hydrogens (primary N) is 1. The van der Waals surface area contributed by atoms with Gasteiger partial charge < -0.3 is 9.64 Å². The third kappa shape index (κ3) is 3.01. The van der Waals surface area contributed by atoms with Crippen LogP contribution in [0.25, 0.3) is 0 Å². The van der Waals surface area contributed by atoms with Gasteiger partial charge in [-0.2, -0.15) is 0 Å². The highest BCUT2D eigenvalue weighted by atomic mass is 35.5. The second-order valence-corrected chi connectivity index (χ2v) is 6.20. The third-order valence-corrected chi connectivity index (χ3v) is 4.67. The van der Waals surface area contributed by atoms with Crippen molar-refractivity contribution in [2.24, 2.45) is 5.73 Å². The minimum atomic E-state index is -0.350. The Hall–Kier alpha value is -1.45. The van der Waals surface area contributed by atoms with Crippen LogP contribution >= 0.6 is 11.6 Å². The molecule has 2 N–H and O–H groups in total. The van der Waals surface area contributed by atoms with Crippen LogP contribution in [0.5, 0.6) is 0 Å². The van der Waals surface area contributed by atoms with Crippen molar-refractivity contribution in [3.05, 3.63) is 57.6 Å². The fourth-order valence-corrected chi connectivity index (χ4v) is 3.29. The Morgan fingerprint density at radius 1 is 1.32 bits per heavy atom. The molecule has 2 rings (SSSR count). The largest absolute Gasteiger partial charge is 0.461 e. The van der Waals surface area contributed by atoms with Crippen LogP contribution in [0.4, 0.5) is 0 Å². The molecule has 3 nitrogen and oxygen atoms in total. The molecular formula is C18H25ClN2O. The van der Waals surface area contributed by atoms with Gasteiger partial charge in [-0.05, 0) is 44.4 Å². The van der Waals surface area contributed by atoms with Crippen molar-refractivity contribution in [2.45, 2.75) is 46.3 Å². The van der Waals surface area contributed by atoms with E-state index in [4.69, 9.17) is 22.1 Å². The van der Waals surface area contributed by atoms with Gasteiger partial charge in [0.15, 0.2) is 5.88 Å². The van der Waals surface area contributed by atoms with Gasteiger partial charge in [0, 0.05) is 29.3 Å². The monoisotopic (exact) mass is 320 g/mol. The zero-order chi connectivity index (χ0) is 16.4. The molecule has 2 unspecified atom stereocenters. The van der Waals surface area contributed by atoms with Gasteiger partial charge in [-0.1, -0.05) is 36.7 Å². The first-order valence-corrected chi connectivity index (χ1v) is 8.07. The van der Waals surface area contributed by atoms with Gasteiger partial charge in [0.25, 0.3) is 0 Å². The van der Waals surface area contributed by atoms with Crippen molar-refractivity contribution in [3.8, 4) is 0 Å². The standard InChI is InChI=1S/C18H25ClN2O/c1-6-14-17(15-9-7-8-10-16(15)19)11(2)12(3)21(5)18(14)22-13(4)20/h7-10,13,17H,6,20H2,1-5H3. The van der Waals surface area contributed by atoms with Gasteiger partial charge >= 0.3 is 0 Å². The molecule has 0 saturated heterocycles. The topological polar surface area (TPSA) is 38.5 Å². The average Bonchev–Trinajstić information content (AvgIpc) is 2.48. The second kappa shape index (κ2) is 6.76. The van der Waals surface area contributed by atoms with Gasteiger partial charge in [-0.3, -0.25) is 5.73 Å². The second-order valence-electron chi connectivity index (χ2n) is 5.79. The lowest BCUT2D eigenvalue weighted by molar-refractivity contribution is 0.0780. The van der Waals surface area contributed by atoms with Gasteiger partial charge in [0.1, 0.15) is 6.23 Å². The Labute approximate surface area is 138 Å². The number of halogens is 1. The van der Waals surface area contributed by atoms with E-state index in [1.807, 2.05) is 32.2 Å². The van der Waals surface area contributed by atoms with Crippen LogP contribution in [0, 0.1) is 0 Å². The molecule has 0 saturated carbocycles.